The number of guanidine groups is 2. The molecule has 14 heteroatoms. The summed E-state index contributed by atoms with van der Waals surface area (Å²) in [5.74, 6) is 0.709. The van der Waals surface area contributed by atoms with E-state index in [1.165, 1.54) is 18.2 Å². The van der Waals surface area contributed by atoms with E-state index in [1.807, 2.05) is 89.8 Å². The number of likely N-dealkylation sites (tertiary alicyclic amines) is 1. The van der Waals surface area contributed by atoms with Crippen LogP contribution in [0, 0.1) is 5.92 Å². The van der Waals surface area contributed by atoms with Crippen LogP contribution in [0.5, 0.6) is 0 Å². The lowest BCUT2D eigenvalue weighted by Crippen LogP contribution is -2.53. The summed E-state index contributed by atoms with van der Waals surface area (Å²) in [5.41, 5.74) is 6.72. The van der Waals surface area contributed by atoms with Gasteiger partial charge in [0, 0.05) is 87.5 Å². The molecule has 326 valence electrons. The Morgan fingerprint density at radius 3 is 2.03 bits per heavy atom. The van der Waals surface area contributed by atoms with Crippen molar-refractivity contribution in [3.8, 4) is 0 Å². The first-order valence-corrected chi connectivity index (χ1v) is 21.5. The van der Waals surface area contributed by atoms with Crippen LogP contribution in [0.2, 0.25) is 10.0 Å². The molecule has 0 aromatic heterocycles. The number of nitrogens with one attached hydrogen (secondary N) is 2. The number of benzene rings is 4. The summed E-state index contributed by atoms with van der Waals surface area (Å²) >= 11 is 12.0. The molecule has 1 fully saturated rings. The van der Waals surface area contributed by atoms with Crippen molar-refractivity contribution >= 4 is 52.8 Å². The second-order valence-electron chi connectivity index (χ2n) is 15.4. The van der Waals surface area contributed by atoms with Gasteiger partial charge in [0.2, 0.25) is 5.96 Å². The van der Waals surface area contributed by atoms with Crippen LogP contribution in [-0.4, -0.2) is 109 Å². The highest BCUT2D eigenvalue weighted by Crippen LogP contribution is 2.32. The highest BCUT2D eigenvalue weighted by molar-refractivity contribution is 6.30. The molecule has 5 heterocycles. The standard InChI is InChI=1S/C23H23ClN4O.C14H17NO3.C10H12ClN3.CH4/c24-19-8-4-7-18(13-19)15-28-22(29)20-16-26(14-17-5-2-1-3-6-17)11-9-21(20)27-12-10-25-23(27)28;1-18-14(17)12-10-15(8-7-13(12)16)9-11-5-3-2-4-6-11;11-9-3-1-2-8(6-9)7-14-10-12-4-5-13-10;/h1-8,13H,9-12,14-16H2;2-6,12H,7-10H2,1H3;1-3,6H,4-5,7H2,(H2,12,13,14);1H4. The SMILES string of the molecule is C.COC(=O)C1CN(Cc2ccccc2)CCC1=O.Clc1cccc(CNC2=NCCN2)c1.O=C1C2=C(CCN(Cc3ccccc3)C2)N2CCN=C2N1Cc1cccc(Cl)c1. The number of esters is 1. The van der Waals surface area contributed by atoms with Crippen molar-refractivity contribution in [2.24, 2.45) is 15.9 Å². The molecule has 4 aromatic carbocycles. The van der Waals surface area contributed by atoms with Gasteiger partial charge in [0.1, 0.15) is 11.7 Å². The van der Waals surface area contributed by atoms with Crippen LogP contribution in [0.4, 0.5) is 0 Å². The average Bonchev–Trinajstić information content (AvgIpc) is 4.00. The zero-order valence-electron chi connectivity index (χ0n) is 34.4. The Balaban J connectivity index is 0.000000167. The molecule has 1 atom stereocenters. The molecule has 5 aliphatic rings. The topological polar surface area (TPSA) is 122 Å². The van der Waals surface area contributed by atoms with Crippen molar-refractivity contribution in [1.29, 1.82) is 0 Å². The van der Waals surface area contributed by atoms with Crippen LogP contribution in [0.3, 0.4) is 0 Å². The quantitative estimate of drug-likeness (QED) is 0.138. The number of Topliss-reactive ketones (excluding diaryl/α,β-unsaturated/α-hetero) is 1. The molecule has 0 aliphatic carbocycles. The Bertz CT molecular complexity index is 2250. The number of amides is 1. The number of carbonyl (C=O) groups excluding carboxylic acids is 3. The number of ketones is 1. The Labute approximate surface area is 375 Å². The lowest BCUT2D eigenvalue weighted by molar-refractivity contribution is -0.152. The number of ether oxygens (including phenoxy) is 1. The lowest BCUT2D eigenvalue weighted by Gasteiger charge is -2.42. The number of rotatable bonds is 9. The zero-order valence-corrected chi connectivity index (χ0v) is 36.0. The van der Waals surface area contributed by atoms with E-state index < -0.39 is 11.9 Å². The molecule has 2 N–H and O–H groups in total. The summed E-state index contributed by atoms with van der Waals surface area (Å²) < 4.78 is 4.67. The Morgan fingerprint density at radius 2 is 1.39 bits per heavy atom. The van der Waals surface area contributed by atoms with Gasteiger partial charge >= 0.3 is 5.97 Å². The molecule has 9 rings (SSSR count). The second-order valence-corrected chi connectivity index (χ2v) is 16.3. The first-order chi connectivity index (χ1) is 29.7. The lowest BCUT2D eigenvalue weighted by atomic mass is 9.96. The molecule has 12 nitrogen and oxygen atoms in total. The van der Waals surface area contributed by atoms with Crippen molar-refractivity contribution in [3.05, 3.63) is 153 Å². The van der Waals surface area contributed by atoms with Crippen LogP contribution in [0.25, 0.3) is 0 Å². The number of carbonyl (C=O) groups is 3. The number of nitrogens with zero attached hydrogens (tertiary/aromatic N) is 6. The third kappa shape index (κ3) is 12.3. The fourth-order valence-electron chi connectivity index (χ4n) is 7.99. The van der Waals surface area contributed by atoms with Gasteiger partial charge in [0.25, 0.3) is 5.91 Å². The molecule has 1 unspecified atom stereocenters. The van der Waals surface area contributed by atoms with Gasteiger partial charge < -0.3 is 20.3 Å². The smallest absolute Gasteiger partial charge is 0.317 e. The molecular formula is C48H56Cl2N8O4. The van der Waals surface area contributed by atoms with Crippen molar-refractivity contribution in [2.75, 3.05) is 59.5 Å². The maximum absolute atomic E-state index is 13.5. The second kappa shape index (κ2) is 22.5. The summed E-state index contributed by atoms with van der Waals surface area (Å²) in [4.78, 5) is 54.1. The van der Waals surface area contributed by atoms with Crippen LogP contribution in [0.15, 0.2) is 130 Å². The fourth-order valence-corrected chi connectivity index (χ4v) is 8.41. The molecule has 0 saturated carbocycles. The molecule has 0 radical (unpaired) electrons. The van der Waals surface area contributed by atoms with Crippen molar-refractivity contribution in [3.63, 3.8) is 0 Å². The van der Waals surface area contributed by atoms with Crippen molar-refractivity contribution in [2.45, 2.75) is 46.4 Å². The first kappa shape index (κ1) is 46.0. The van der Waals surface area contributed by atoms with E-state index in [-0.39, 0.29) is 19.1 Å². The minimum absolute atomic E-state index is 0. The van der Waals surface area contributed by atoms with E-state index in [4.69, 9.17) is 23.2 Å². The van der Waals surface area contributed by atoms with E-state index in [9.17, 15) is 14.4 Å². The minimum atomic E-state index is -0.618. The van der Waals surface area contributed by atoms with E-state index in [0.717, 1.165) is 98.1 Å². The normalized spacial score (nSPS) is 18.4. The maximum Gasteiger partial charge on any atom is 0.317 e. The molecule has 1 amide bonds. The van der Waals surface area contributed by atoms with Crippen LogP contribution in [0.1, 0.15) is 42.5 Å². The number of aliphatic imine (C=N–C) groups is 2. The maximum atomic E-state index is 13.5. The van der Waals surface area contributed by atoms with Gasteiger partial charge in [-0.25, -0.2) is 0 Å². The van der Waals surface area contributed by atoms with E-state index in [0.29, 0.717) is 37.6 Å². The number of hydrogen-bond acceptors (Lipinski definition) is 11. The van der Waals surface area contributed by atoms with Crippen LogP contribution < -0.4 is 10.6 Å². The van der Waals surface area contributed by atoms with E-state index >= 15 is 0 Å². The highest BCUT2D eigenvalue weighted by Gasteiger charge is 2.41. The summed E-state index contributed by atoms with van der Waals surface area (Å²) in [7, 11) is 1.33. The number of piperidine rings is 1. The highest BCUT2D eigenvalue weighted by atomic mass is 35.5. The summed E-state index contributed by atoms with van der Waals surface area (Å²) in [6, 6.07) is 36.0. The van der Waals surface area contributed by atoms with Crippen molar-refractivity contribution in [1.82, 2.24) is 30.2 Å². The Morgan fingerprint density at radius 1 is 0.758 bits per heavy atom. The molecule has 5 aliphatic heterocycles. The Hall–Kier alpha value is -5.53. The predicted molar refractivity (Wildman–Crippen MR) is 247 cm³/mol. The third-order valence-corrected chi connectivity index (χ3v) is 11.5. The molecule has 0 bridgehead atoms. The van der Waals surface area contributed by atoms with Crippen LogP contribution in [-0.2, 0) is 45.3 Å². The Kier molecular flexibility index (Phi) is 16.7. The van der Waals surface area contributed by atoms with Gasteiger partial charge in [-0.2, -0.15) is 0 Å². The minimum Gasteiger partial charge on any atom is -0.468 e. The number of fused-ring (bicyclic) bond motifs is 2. The average molecular weight is 880 g/mol. The molecule has 0 spiro atoms. The van der Waals surface area contributed by atoms with E-state index in [2.05, 4.69) is 64.3 Å². The van der Waals surface area contributed by atoms with Gasteiger partial charge in [-0.15, -0.1) is 0 Å². The molecule has 4 aromatic rings. The van der Waals surface area contributed by atoms with Crippen LogP contribution >= 0.6 is 23.2 Å². The van der Waals surface area contributed by atoms with E-state index in [1.54, 1.807) is 0 Å². The molecule has 1 saturated heterocycles. The van der Waals surface area contributed by atoms with Gasteiger partial charge in [-0.3, -0.25) is 39.1 Å². The van der Waals surface area contributed by atoms with Crippen molar-refractivity contribution < 1.29 is 19.1 Å². The molecule has 62 heavy (non-hydrogen) atoms. The molecular weight excluding hydrogens is 823 g/mol. The zero-order chi connectivity index (χ0) is 42.6. The predicted octanol–water partition coefficient (Wildman–Crippen LogP) is 6.79. The van der Waals surface area contributed by atoms with Gasteiger partial charge in [-0.1, -0.05) is 116 Å². The van der Waals surface area contributed by atoms with Gasteiger partial charge in [0.05, 0.1) is 32.3 Å². The number of methoxy groups -OCH3 is 1. The summed E-state index contributed by atoms with van der Waals surface area (Å²) in [6.45, 7) is 9.05. The summed E-state index contributed by atoms with van der Waals surface area (Å²) in [6.07, 6.45) is 1.31. The van der Waals surface area contributed by atoms with Gasteiger partial charge in [-0.05, 0) is 46.5 Å². The first-order valence-electron chi connectivity index (χ1n) is 20.7. The number of halogens is 2. The summed E-state index contributed by atoms with van der Waals surface area (Å²) in [5, 5.41) is 7.81. The monoisotopic (exact) mass is 878 g/mol. The fraction of sp³-hybridized carbons (Fsp3) is 0.354. The number of hydrogen-bond donors (Lipinski definition) is 2. The largest absolute Gasteiger partial charge is 0.468 e. The van der Waals surface area contributed by atoms with Gasteiger partial charge in [0.15, 0.2) is 5.96 Å². The third-order valence-electron chi connectivity index (χ3n) is 11.0.